The second-order valence-corrected chi connectivity index (χ2v) is 6.51. The van der Waals surface area contributed by atoms with Crippen molar-refractivity contribution in [3.8, 4) is 0 Å². The van der Waals surface area contributed by atoms with Crippen molar-refractivity contribution in [3.63, 3.8) is 0 Å². The summed E-state index contributed by atoms with van der Waals surface area (Å²) in [5, 5.41) is 7.47. The molecule has 1 aromatic rings. The molecule has 0 saturated carbocycles. The monoisotopic (exact) mass is 279 g/mol. The first-order valence-electron chi connectivity index (χ1n) is 7.32. The first-order chi connectivity index (χ1) is 9.32. The molecule has 1 unspecified atom stereocenters. The molecule has 2 rings (SSSR count). The van der Waals surface area contributed by atoms with Gasteiger partial charge in [0.05, 0.1) is 12.1 Å². The minimum absolute atomic E-state index is 0.0718. The van der Waals surface area contributed by atoms with Gasteiger partial charge in [0.15, 0.2) is 5.82 Å². The van der Waals surface area contributed by atoms with Crippen LogP contribution in [0.3, 0.4) is 0 Å². The van der Waals surface area contributed by atoms with E-state index < -0.39 is 6.04 Å². The number of aryl methyl sites for hydroxylation is 2. The molecular formula is C14H25N5O. The third-order valence-electron chi connectivity index (χ3n) is 3.77. The van der Waals surface area contributed by atoms with Gasteiger partial charge in [-0.15, -0.1) is 0 Å². The van der Waals surface area contributed by atoms with Crippen LogP contribution in [0.5, 0.6) is 0 Å². The Hall–Kier alpha value is -1.43. The van der Waals surface area contributed by atoms with Crippen LogP contribution in [-0.4, -0.2) is 26.7 Å². The maximum atomic E-state index is 12.3. The minimum atomic E-state index is -0.522. The van der Waals surface area contributed by atoms with Gasteiger partial charge in [-0.2, -0.15) is 5.10 Å². The van der Waals surface area contributed by atoms with E-state index in [9.17, 15) is 4.79 Å². The molecular weight excluding hydrogens is 254 g/mol. The fourth-order valence-electron chi connectivity index (χ4n) is 2.34. The third kappa shape index (κ3) is 3.00. The lowest BCUT2D eigenvalue weighted by Crippen LogP contribution is -2.50. The van der Waals surface area contributed by atoms with E-state index in [0.717, 1.165) is 37.5 Å². The van der Waals surface area contributed by atoms with Crippen molar-refractivity contribution in [1.82, 2.24) is 20.1 Å². The first-order valence-corrected chi connectivity index (χ1v) is 7.32. The summed E-state index contributed by atoms with van der Waals surface area (Å²) in [4.78, 5) is 16.8. The van der Waals surface area contributed by atoms with Gasteiger partial charge in [0, 0.05) is 13.0 Å². The lowest BCUT2D eigenvalue weighted by molar-refractivity contribution is -0.125. The molecule has 0 aromatic carbocycles. The van der Waals surface area contributed by atoms with Crippen LogP contribution in [0.25, 0.3) is 0 Å². The second kappa shape index (κ2) is 5.52. The number of aromatic nitrogens is 3. The van der Waals surface area contributed by atoms with Crippen LogP contribution >= 0.6 is 0 Å². The zero-order chi connectivity index (χ0) is 14.9. The van der Waals surface area contributed by atoms with E-state index in [1.54, 1.807) is 0 Å². The Kier molecular flexibility index (Phi) is 4.13. The quantitative estimate of drug-likeness (QED) is 0.869. The van der Waals surface area contributed by atoms with E-state index in [4.69, 9.17) is 5.73 Å². The number of hydrogen-bond donors (Lipinski definition) is 2. The molecule has 1 amide bonds. The van der Waals surface area contributed by atoms with Crippen molar-refractivity contribution in [2.75, 3.05) is 0 Å². The number of nitrogens with two attached hydrogens (primary N) is 1. The average molecular weight is 279 g/mol. The van der Waals surface area contributed by atoms with Gasteiger partial charge in [-0.3, -0.25) is 4.79 Å². The lowest BCUT2D eigenvalue weighted by atomic mass is 9.86. The highest BCUT2D eigenvalue weighted by Crippen LogP contribution is 2.24. The standard InChI is InChI=1S/C14H25N5O/c1-5-10-17-12-9(7-6-8-19(12)18-10)16-13(20)11(15)14(2,3)4/h9,11H,5-8,15H2,1-4H3,(H,16,20)/t9?,11-/m1/s1. The fraction of sp³-hybridized carbons (Fsp3) is 0.786. The molecule has 0 radical (unpaired) electrons. The number of hydrogen-bond acceptors (Lipinski definition) is 4. The largest absolute Gasteiger partial charge is 0.345 e. The molecule has 2 heterocycles. The summed E-state index contributed by atoms with van der Waals surface area (Å²) in [6, 6.07) is -0.594. The summed E-state index contributed by atoms with van der Waals surface area (Å²) in [5.74, 6) is 1.58. The van der Waals surface area contributed by atoms with Gasteiger partial charge in [-0.25, -0.2) is 9.67 Å². The predicted molar refractivity (Wildman–Crippen MR) is 76.9 cm³/mol. The Bertz CT molecular complexity index is 488. The zero-order valence-electron chi connectivity index (χ0n) is 12.8. The minimum Gasteiger partial charge on any atom is -0.345 e. The third-order valence-corrected chi connectivity index (χ3v) is 3.77. The molecule has 1 aliphatic rings. The Balaban J connectivity index is 2.12. The van der Waals surface area contributed by atoms with Crippen molar-refractivity contribution in [3.05, 3.63) is 11.6 Å². The maximum Gasteiger partial charge on any atom is 0.238 e. The summed E-state index contributed by atoms with van der Waals surface area (Å²) < 4.78 is 1.91. The lowest BCUT2D eigenvalue weighted by Gasteiger charge is -2.29. The molecule has 0 fully saturated rings. The van der Waals surface area contributed by atoms with Gasteiger partial charge < -0.3 is 11.1 Å². The zero-order valence-corrected chi connectivity index (χ0v) is 12.8. The maximum absolute atomic E-state index is 12.3. The molecule has 2 atom stereocenters. The Labute approximate surface area is 120 Å². The van der Waals surface area contributed by atoms with Gasteiger partial charge in [0.1, 0.15) is 5.82 Å². The van der Waals surface area contributed by atoms with E-state index in [2.05, 4.69) is 15.4 Å². The van der Waals surface area contributed by atoms with Crippen LogP contribution in [0, 0.1) is 5.41 Å². The van der Waals surface area contributed by atoms with Gasteiger partial charge in [0.25, 0.3) is 0 Å². The number of carbonyl (C=O) groups excluding carboxylic acids is 1. The molecule has 20 heavy (non-hydrogen) atoms. The molecule has 1 aliphatic heterocycles. The number of rotatable bonds is 3. The average Bonchev–Trinajstić information content (AvgIpc) is 2.80. The van der Waals surface area contributed by atoms with Crippen molar-refractivity contribution in [2.45, 2.75) is 65.6 Å². The highest BCUT2D eigenvalue weighted by molar-refractivity contribution is 5.82. The van der Waals surface area contributed by atoms with Crippen molar-refractivity contribution < 1.29 is 4.79 Å². The van der Waals surface area contributed by atoms with E-state index in [1.807, 2.05) is 32.4 Å². The normalized spacial score (nSPS) is 20.4. The van der Waals surface area contributed by atoms with Crippen LogP contribution in [0.1, 0.15) is 58.2 Å². The molecule has 0 aliphatic carbocycles. The molecule has 0 bridgehead atoms. The van der Waals surface area contributed by atoms with Crippen LogP contribution < -0.4 is 11.1 Å². The number of amides is 1. The first kappa shape index (κ1) is 15.0. The highest BCUT2D eigenvalue weighted by Gasteiger charge is 2.31. The summed E-state index contributed by atoms with van der Waals surface area (Å²) in [7, 11) is 0. The molecule has 6 heteroatoms. The van der Waals surface area contributed by atoms with Gasteiger partial charge in [0.2, 0.25) is 5.91 Å². The van der Waals surface area contributed by atoms with Crippen LogP contribution in [-0.2, 0) is 17.8 Å². The predicted octanol–water partition coefficient (Wildman–Crippen LogP) is 1.17. The van der Waals surface area contributed by atoms with Crippen molar-refractivity contribution in [1.29, 1.82) is 0 Å². The van der Waals surface area contributed by atoms with Gasteiger partial charge >= 0.3 is 0 Å². The SMILES string of the molecule is CCc1nc2n(n1)CCCC2NC(=O)[C@@H](N)C(C)(C)C. The van der Waals surface area contributed by atoms with E-state index >= 15 is 0 Å². The van der Waals surface area contributed by atoms with Gasteiger partial charge in [-0.05, 0) is 18.3 Å². The number of nitrogens with zero attached hydrogens (tertiary/aromatic N) is 3. The Morgan fingerprint density at radius 2 is 2.25 bits per heavy atom. The summed E-state index contributed by atoms with van der Waals surface area (Å²) in [5.41, 5.74) is 5.76. The molecule has 0 saturated heterocycles. The van der Waals surface area contributed by atoms with E-state index in [0.29, 0.717) is 0 Å². The molecule has 3 N–H and O–H groups in total. The number of nitrogens with one attached hydrogen (secondary N) is 1. The van der Waals surface area contributed by atoms with Crippen LogP contribution in [0.15, 0.2) is 0 Å². The van der Waals surface area contributed by atoms with E-state index in [1.165, 1.54) is 0 Å². The second-order valence-electron chi connectivity index (χ2n) is 6.51. The summed E-state index contributed by atoms with van der Waals surface area (Å²) in [6.07, 6.45) is 2.70. The Morgan fingerprint density at radius 1 is 1.55 bits per heavy atom. The fourth-order valence-corrected chi connectivity index (χ4v) is 2.34. The van der Waals surface area contributed by atoms with Gasteiger partial charge in [-0.1, -0.05) is 27.7 Å². The number of carbonyl (C=O) groups is 1. The summed E-state index contributed by atoms with van der Waals surface area (Å²) >= 11 is 0. The highest BCUT2D eigenvalue weighted by atomic mass is 16.2. The van der Waals surface area contributed by atoms with Crippen molar-refractivity contribution >= 4 is 5.91 Å². The molecule has 0 spiro atoms. The number of fused-ring (bicyclic) bond motifs is 1. The smallest absolute Gasteiger partial charge is 0.238 e. The topological polar surface area (TPSA) is 85.8 Å². The van der Waals surface area contributed by atoms with Crippen LogP contribution in [0.2, 0.25) is 0 Å². The summed E-state index contributed by atoms with van der Waals surface area (Å²) in [6.45, 7) is 8.81. The molecule has 1 aromatic heterocycles. The van der Waals surface area contributed by atoms with Crippen molar-refractivity contribution in [2.24, 2.45) is 11.1 Å². The van der Waals surface area contributed by atoms with E-state index in [-0.39, 0.29) is 17.4 Å². The Morgan fingerprint density at radius 3 is 2.85 bits per heavy atom. The molecule has 112 valence electrons. The van der Waals surface area contributed by atoms with Crippen LogP contribution in [0.4, 0.5) is 0 Å². The molecule has 6 nitrogen and oxygen atoms in total.